The summed E-state index contributed by atoms with van der Waals surface area (Å²) < 4.78 is 5.14. The normalized spacial score (nSPS) is 24.2. The van der Waals surface area contributed by atoms with E-state index in [1.807, 2.05) is 30.3 Å². The summed E-state index contributed by atoms with van der Waals surface area (Å²) in [5, 5.41) is 0. The molecular weight excluding hydrogens is 271 g/mol. The SMILES string of the molecule is CC(=O)C1([Se]c2ccccc2)CCOC1=O. The van der Waals surface area contributed by atoms with Crippen LogP contribution in [0.3, 0.4) is 0 Å². The van der Waals surface area contributed by atoms with Gasteiger partial charge in [-0.25, -0.2) is 0 Å². The van der Waals surface area contributed by atoms with Crippen molar-refractivity contribution in [1.82, 2.24) is 0 Å². The van der Waals surface area contributed by atoms with Crippen molar-refractivity contribution < 1.29 is 14.3 Å². The Morgan fingerprint density at radius 1 is 1.38 bits per heavy atom. The van der Waals surface area contributed by atoms with Crippen LogP contribution in [0.2, 0.25) is 4.31 Å². The van der Waals surface area contributed by atoms with Gasteiger partial charge in [0.2, 0.25) is 0 Å². The second kappa shape index (κ2) is 4.40. The Balaban J connectivity index is 2.29. The molecule has 1 aliphatic rings. The number of rotatable bonds is 3. The summed E-state index contributed by atoms with van der Waals surface area (Å²) in [5.41, 5.74) is 0. The Bertz CT molecular complexity index is 416. The van der Waals surface area contributed by atoms with Gasteiger partial charge in [-0.2, -0.15) is 0 Å². The molecule has 1 fully saturated rings. The third kappa shape index (κ3) is 1.91. The Labute approximate surface area is 100 Å². The van der Waals surface area contributed by atoms with Crippen molar-refractivity contribution in [2.45, 2.75) is 17.7 Å². The minimum atomic E-state index is -0.881. The second-order valence-electron chi connectivity index (χ2n) is 3.68. The van der Waals surface area contributed by atoms with Gasteiger partial charge in [-0.05, 0) is 0 Å². The number of carbonyl (C=O) groups is 2. The Morgan fingerprint density at radius 3 is 2.56 bits per heavy atom. The molecule has 0 spiro atoms. The topological polar surface area (TPSA) is 43.4 Å². The fraction of sp³-hybridized carbons (Fsp3) is 0.333. The van der Waals surface area contributed by atoms with Crippen LogP contribution in [0, 0.1) is 0 Å². The van der Waals surface area contributed by atoms with E-state index in [1.54, 1.807) is 0 Å². The van der Waals surface area contributed by atoms with Gasteiger partial charge >= 0.3 is 100 Å². The standard InChI is InChI=1S/C12H12O3Se/c1-9(13)12(7-8-15-11(12)14)16-10-5-3-2-4-6-10/h2-6H,7-8H2,1H3. The van der Waals surface area contributed by atoms with Crippen molar-refractivity contribution >= 4 is 31.2 Å². The van der Waals surface area contributed by atoms with Gasteiger partial charge in [0.1, 0.15) is 0 Å². The summed E-state index contributed by atoms with van der Waals surface area (Å²) in [6.45, 7) is 1.85. The maximum atomic E-state index is 11.7. The molecular formula is C12H12O3Se. The van der Waals surface area contributed by atoms with Crippen molar-refractivity contribution in [3.05, 3.63) is 30.3 Å². The van der Waals surface area contributed by atoms with Crippen LogP contribution in [-0.2, 0) is 14.3 Å². The molecule has 1 aromatic rings. The van der Waals surface area contributed by atoms with Gasteiger partial charge in [-0.1, -0.05) is 0 Å². The summed E-state index contributed by atoms with van der Waals surface area (Å²) in [4.78, 5) is 23.4. The number of benzene rings is 1. The summed E-state index contributed by atoms with van der Waals surface area (Å²) in [5.74, 6) is -0.414. The molecule has 1 unspecified atom stereocenters. The van der Waals surface area contributed by atoms with Crippen molar-refractivity contribution in [3.8, 4) is 0 Å². The average Bonchev–Trinajstić information content (AvgIpc) is 2.63. The number of ketones is 1. The zero-order chi connectivity index (χ0) is 11.6. The first-order chi connectivity index (χ1) is 7.65. The van der Waals surface area contributed by atoms with Crippen LogP contribution in [0.4, 0.5) is 0 Å². The fourth-order valence-corrected chi connectivity index (χ4v) is 4.13. The Kier molecular flexibility index (Phi) is 3.12. The Hall–Kier alpha value is -1.12. The van der Waals surface area contributed by atoms with E-state index in [9.17, 15) is 9.59 Å². The van der Waals surface area contributed by atoms with E-state index in [4.69, 9.17) is 4.74 Å². The van der Waals surface area contributed by atoms with Gasteiger partial charge in [-0.3, -0.25) is 0 Å². The minimum absolute atomic E-state index is 0.0705. The van der Waals surface area contributed by atoms with Crippen LogP contribution in [-0.4, -0.2) is 33.3 Å². The monoisotopic (exact) mass is 284 g/mol. The van der Waals surface area contributed by atoms with Gasteiger partial charge in [0.25, 0.3) is 0 Å². The van der Waals surface area contributed by atoms with Crippen molar-refractivity contribution in [2.24, 2.45) is 0 Å². The molecule has 0 N–H and O–H groups in total. The number of hydrogen-bond donors (Lipinski definition) is 0. The molecule has 1 aliphatic heterocycles. The first-order valence-corrected chi connectivity index (χ1v) is 6.79. The number of ether oxygens (including phenoxy) is 1. The molecule has 0 bridgehead atoms. The van der Waals surface area contributed by atoms with Crippen LogP contribution < -0.4 is 4.46 Å². The summed E-state index contributed by atoms with van der Waals surface area (Å²) in [6, 6.07) is 9.68. The van der Waals surface area contributed by atoms with E-state index in [-0.39, 0.29) is 26.7 Å². The molecule has 1 atom stereocenters. The molecule has 0 aliphatic carbocycles. The predicted molar refractivity (Wildman–Crippen MR) is 60.8 cm³/mol. The molecule has 0 saturated carbocycles. The Morgan fingerprint density at radius 2 is 2.06 bits per heavy atom. The summed E-state index contributed by atoms with van der Waals surface area (Å²) in [7, 11) is 0. The molecule has 84 valence electrons. The number of carbonyl (C=O) groups excluding carboxylic acids is 2. The van der Waals surface area contributed by atoms with Crippen LogP contribution in [0.15, 0.2) is 30.3 Å². The molecule has 16 heavy (non-hydrogen) atoms. The predicted octanol–water partition coefficient (Wildman–Crippen LogP) is 0.711. The molecule has 1 aromatic carbocycles. The van der Waals surface area contributed by atoms with Crippen LogP contribution in [0.5, 0.6) is 0 Å². The third-order valence-electron chi connectivity index (χ3n) is 2.62. The molecule has 4 heteroatoms. The third-order valence-corrected chi connectivity index (χ3v) is 5.80. The van der Waals surface area contributed by atoms with E-state index in [2.05, 4.69) is 0 Å². The average molecular weight is 283 g/mol. The second-order valence-corrected chi connectivity index (χ2v) is 6.56. The van der Waals surface area contributed by atoms with E-state index in [0.29, 0.717) is 13.0 Å². The van der Waals surface area contributed by atoms with Gasteiger partial charge in [0.05, 0.1) is 0 Å². The van der Waals surface area contributed by atoms with Gasteiger partial charge in [0.15, 0.2) is 0 Å². The molecule has 1 saturated heterocycles. The summed E-state index contributed by atoms with van der Waals surface area (Å²) in [6.07, 6.45) is 0.524. The van der Waals surface area contributed by atoms with Gasteiger partial charge in [-0.15, -0.1) is 0 Å². The zero-order valence-electron chi connectivity index (χ0n) is 8.93. The van der Waals surface area contributed by atoms with Crippen molar-refractivity contribution in [1.29, 1.82) is 0 Å². The molecule has 1 heterocycles. The van der Waals surface area contributed by atoms with Crippen molar-refractivity contribution in [2.75, 3.05) is 6.61 Å². The molecule has 0 aromatic heterocycles. The van der Waals surface area contributed by atoms with Gasteiger partial charge in [0, 0.05) is 0 Å². The summed E-state index contributed by atoms with van der Waals surface area (Å²) >= 11 is -0.187. The maximum absolute atomic E-state index is 11.7. The molecule has 3 nitrogen and oxygen atoms in total. The van der Waals surface area contributed by atoms with E-state index in [1.165, 1.54) is 6.92 Å². The van der Waals surface area contributed by atoms with Crippen molar-refractivity contribution in [3.63, 3.8) is 0 Å². The van der Waals surface area contributed by atoms with Gasteiger partial charge < -0.3 is 0 Å². The first-order valence-electron chi connectivity index (χ1n) is 5.07. The van der Waals surface area contributed by atoms with E-state index < -0.39 is 4.31 Å². The number of Topliss-reactive ketones (excluding diaryl/α,β-unsaturated/α-hetero) is 1. The van der Waals surface area contributed by atoms with E-state index in [0.717, 1.165) is 4.46 Å². The fourth-order valence-electron chi connectivity index (χ4n) is 1.68. The molecule has 2 rings (SSSR count). The quantitative estimate of drug-likeness (QED) is 0.466. The molecule has 0 amide bonds. The van der Waals surface area contributed by atoms with Crippen LogP contribution in [0.1, 0.15) is 13.3 Å². The first kappa shape index (κ1) is 11.4. The number of hydrogen-bond acceptors (Lipinski definition) is 3. The number of cyclic esters (lactones) is 1. The van der Waals surface area contributed by atoms with E-state index >= 15 is 0 Å². The van der Waals surface area contributed by atoms with Crippen LogP contribution >= 0.6 is 0 Å². The zero-order valence-corrected chi connectivity index (χ0v) is 10.6. The van der Waals surface area contributed by atoms with Crippen LogP contribution in [0.25, 0.3) is 0 Å². The molecule has 0 radical (unpaired) electrons. The number of esters is 1.